The Morgan fingerprint density at radius 2 is 1.88 bits per heavy atom. The van der Waals surface area contributed by atoms with E-state index in [-0.39, 0.29) is 12.1 Å². The van der Waals surface area contributed by atoms with Gasteiger partial charge in [-0.2, -0.15) is 13.2 Å². The summed E-state index contributed by atoms with van der Waals surface area (Å²) in [5.74, 6) is 0.147. The summed E-state index contributed by atoms with van der Waals surface area (Å²) >= 11 is 0. The molecule has 1 aliphatic rings. The van der Waals surface area contributed by atoms with E-state index in [9.17, 15) is 23.1 Å². The molecular formula is C18H16F3NO3. The van der Waals surface area contributed by atoms with Gasteiger partial charge in [0.2, 0.25) is 0 Å². The highest BCUT2D eigenvalue weighted by Gasteiger charge is 2.32. The maximum Gasteiger partial charge on any atom is 0.416 e. The minimum absolute atomic E-state index is 0.158. The summed E-state index contributed by atoms with van der Waals surface area (Å²) in [4.78, 5) is 14.2. The molecule has 2 aromatic rings. The zero-order chi connectivity index (χ0) is 18.2. The normalized spacial score (nSPS) is 17.2. The van der Waals surface area contributed by atoms with Crippen molar-refractivity contribution in [2.24, 2.45) is 0 Å². The first-order valence-electron chi connectivity index (χ1n) is 7.66. The Morgan fingerprint density at radius 3 is 2.48 bits per heavy atom. The van der Waals surface area contributed by atoms with Crippen LogP contribution in [0.3, 0.4) is 0 Å². The molecule has 3 rings (SSSR count). The summed E-state index contributed by atoms with van der Waals surface area (Å²) in [6, 6.07) is 9.11. The van der Waals surface area contributed by atoms with Crippen LogP contribution in [-0.2, 0) is 6.18 Å². The average molecular weight is 351 g/mol. The largest absolute Gasteiger partial charge is 0.497 e. The monoisotopic (exact) mass is 351 g/mol. The maximum atomic E-state index is 12.7. The first-order chi connectivity index (χ1) is 11.8. The lowest BCUT2D eigenvalue weighted by molar-refractivity contribution is -0.137. The molecule has 0 spiro atoms. The second-order valence-corrected chi connectivity index (χ2v) is 5.76. The fourth-order valence-corrected chi connectivity index (χ4v) is 2.87. The Balaban J connectivity index is 1.92. The van der Waals surface area contributed by atoms with E-state index in [4.69, 9.17) is 4.74 Å². The zero-order valence-corrected chi connectivity index (χ0v) is 13.4. The van der Waals surface area contributed by atoms with Gasteiger partial charge in [0.15, 0.2) is 0 Å². The van der Waals surface area contributed by atoms with Crippen LogP contribution >= 0.6 is 0 Å². The number of carbonyl (C=O) groups excluding carboxylic acids is 1. The van der Waals surface area contributed by atoms with E-state index in [2.05, 4.69) is 0 Å². The van der Waals surface area contributed by atoms with Crippen molar-refractivity contribution >= 4 is 11.6 Å². The minimum Gasteiger partial charge on any atom is -0.497 e. The van der Waals surface area contributed by atoms with E-state index in [0.717, 1.165) is 12.1 Å². The Morgan fingerprint density at radius 1 is 1.20 bits per heavy atom. The second-order valence-electron chi connectivity index (χ2n) is 5.76. The van der Waals surface area contributed by atoms with Crippen LogP contribution in [0, 0.1) is 0 Å². The molecule has 132 valence electrons. The molecule has 1 atom stereocenters. The second kappa shape index (κ2) is 6.40. The lowest BCUT2D eigenvalue weighted by Gasteiger charge is -2.32. The molecule has 7 heteroatoms. The molecule has 25 heavy (non-hydrogen) atoms. The fourth-order valence-electron chi connectivity index (χ4n) is 2.87. The molecule has 1 aliphatic heterocycles. The number of ether oxygens (including phenoxy) is 1. The van der Waals surface area contributed by atoms with Crippen molar-refractivity contribution in [1.29, 1.82) is 0 Å². The third kappa shape index (κ3) is 3.32. The predicted molar refractivity (Wildman–Crippen MR) is 85.7 cm³/mol. The van der Waals surface area contributed by atoms with Crippen LogP contribution in [0.25, 0.3) is 0 Å². The first-order valence-corrected chi connectivity index (χ1v) is 7.66. The SMILES string of the molecule is COc1ccc2c(c1)C(O)CCN2C(=O)c1ccc(C(F)(F)F)cc1. The van der Waals surface area contributed by atoms with Gasteiger partial charge in [0, 0.05) is 17.7 Å². The molecule has 0 aromatic heterocycles. The van der Waals surface area contributed by atoms with Gasteiger partial charge in [0.1, 0.15) is 5.75 Å². The van der Waals surface area contributed by atoms with Crippen LogP contribution in [-0.4, -0.2) is 24.7 Å². The molecule has 1 heterocycles. The first kappa shape index (κ1) is 17.3. The molecule has 2 aromatic carbocycles. The lowest BCUT2D eigenvalue weighted by Crippen LogP contribution is -2.36. The van der Waals surface area contributed by atoms with Crippen LogP contribution < -0.4 is 9.64 Å². The molecule has 4 nitrogen and oxygen atoms in total. The molecule has 0 bridgehead atoms. The van der Waals surface area contributed by atoms with Gasteiger partial charge in [-0.15, -0.1) is 0 Å². The van der Waals surface area contributed by atoms with Gasteiger partial charge in [-0.05, 0) is 48.9 Å². The Bertz CT molecular complexity index is 787. The average Bonchev–Trinajstić information content (AvgIpc) is 2.61. The standard InChI is InChI=1S/C18H16F3NO3/c1-25-13-6-7-15-14(10-13)16(23)8-9-22(15)17(24)11-2-4-12(5-3-11)18(19,20)21/h2-7,10,16,23H,8-9H2,1H3. The highest BCUT2D eigenvalue weighted by molar-refractivity contribution is 6.06. The minimum atomic E-state index is -4.44. The summed E-state index contributed by atoms with van der Waals surface area (Å²) < 4.78 is 43.1. The highest BCUT2D eigenvalue weighted by Crippen LogP contribution is 2.37. The van der Waals surface area contributed by atoms with Gasteiger partial charge in [0.25, 0.3) is 5.91 Å². The summed E-state index contributed by atoms with van der Waals surface area (Å²) in [7, 11) is 1.50. The van der Waals surface area contributed by atoms with E-state index in [1.807, 2.05) is 0 Å². The van der Waals surface area contributed by atoms with Gasteiger partial charge >= 0.3 is 6.18 Å². The zero-order valence-electron chi connectivity index (χ0n) is 13.4. The third-order valence-electron chi connectivity index (χ3n) is 4.21. The molecule has 1 N–H and O–H groups in total. The fraction of sp³-hybridized carbons (Fsp3) is 0.278. The quantitative estimate of drug-likeness (QED) is 0.895. The summed E-state index contributed by atoms with van der Waals surface area (Å²) in [5.41, 5.74) is 0.449. The van der Waals surface area contributed by atoms with Crippen LogP contribution in [0.15, 0.2) is 42.5 Å². The highest BCUT2D eigenvalue weighted by atomic mass is 19.4. The number of alkyl halides is 3. The smallest absolute Gasteiger partial charge is 0.416 e. The molecule has 0 saturated carbocycles. The third-order valence-corrected chi connectivity index (χ3v) is 4.21. The molecule has 0 fully saturated rings. The summed E-state index contributed by atoms with van der Waals surface area (Å²) in [6.07, 6.45) is -4.83. The molecular weight excluding hydrogens is 335 g/mol. The lowest BCUT2D eigenvalue weighted by atomic mass is 9.97. The van der Waals surface area contributed by atoms with Gasteiger partial charge in [-0.3, -0.25) is 4.79 Å². The Kier molecular flexibility index (Phi) is 4.43. The van der Waals surface area contributed by atoms with Crippen LogP contribution in [0.5, 0.6) is 5.75 Å². The topological polar surface area (TPSA) is 49.8 Å². The molecule has 0 saturated heterocycles. The number of nitrogens with zero attached hydrogens (tertiary/aromatic N) is 1. The number of anilines is 1. The van der Waals surface area contributed by atoms with Crippen molar-refractivity contribution in [3.05, 3.63) is 59.2 Å². The van der Waals surface area contributed by atoms with E-state index in [0.29, 0.717) is 23.4 Å². The van der Waals surface area contributed by atoms with E-state index in [1.165, 1.54) is 24.1 Å². The number of rotatable bonds is 2. The predicted octanol–water partition coefficient (Wildman–Crippen LogP) is 3.80. The summed E-state index contributed by atoms with van der Waals surface area (Å²) in [6.45, 7) is 0.278. The number of hydrogen-bond donors (Lipinski definition) is 1. The van der Waals surface area contributed by atoms with Gasteiger partial charge in [-0.25, -0.2) is 0 Å². The Hall–Kier alpha value is -2.54. The molecule has 1 unspecified atom stereocenters. The van der Waals surface area contributed by atoms with Crippen molar-refractivity contribution in [1.82, 2.24) is 0 Å². The Labute approximate surface area is 142 Å². The van der Waals surface area contributed by atoms with E-state index < -0.39 is 23.8 Å². The molecule has 0 aliphatic carbocycles. The number of aliphatic hydroxyl groups is 1. The number of benzene rings is 2. The molecule has 0 radical (unpaired) electrons. The van der Waals surface area contributed by atoms with Crippen molar-refractivity contribution in [2.45, 2.75) is 18.7 Å². The number of fused-ring (bicyclic) bond motifs is 1. The molecule has 1 amide bonds. The van der Waals surface area contributed by atoms with Gasteiger partial charge < -0.3 is 14.7 Å². The van der Waals surface area contributed by atoms with Crippen molar-refractivity contribution < 1.29 is 27.8 Å². The van der Waals surface area contributed by atoms with E-state index >= 15 is 0 Å². The van der Waals surface area contributed by atoms with Crippen molar-refractivity contribution in [2.75, 3.05) is 18.6 Å². The number of aliphatic hydroxyl groups excluding tert-OH is 1. The number of carbonyl (C=O) groups is 1. The maximum absolute atomic E-state index is 12.7. The summed E-state index contributed by atoms with van der Waals surface area (Å²) in [5, 5.41) is 10.2. The van der Waals surface area contributed by atoms with Crippen molar-refractivity contribution in [3.63, 3.8) is 0 Å². The number of hydrogen-bond acceptors (Lipinski definition) is 3. The van der Waals surface area contributed by atoms with Crippen LogP contribution in [0.4, 0.5) is 18.9 Å². The van der Waals surface area contributed by atoms with Crippen LogP contribution in [0.1, 0.15) is 34.0 Å². The van der Waals surface area contributed by atoms with Crippen molar-refractivity contribution in [3.8, 4) is 5.75 Å². The number of amides is 1. The van der Waals surface area contributed by atoms with Gasteiger partial charge in [0.05, 0.1) is 24.5 Å². The van der Waals surface area contributed by atoms with Crippen LogP contribution in [0.2, 0.25) is 0 Å². The number of halogens is 3. The number of methoxy groups -OCH3 is 1. The van der Waals surface area contributed by atoms with Gasteiger partial charge in [-0.1, -0.05) is 0 Å². The van der Waals surface area contributed by atoms with E-state index in [1.54, 1.807) is 18.2 Å².